The smallest absolute Gasteiger partial charge is 0.409 e. The molecule has 186 valence electrons. The van der Waals surface area contributed by atoms with Crippen molar-refractivity contribution in [2.75, 3.05) is 25.5 Å². The van der Waals surface area contributed by atoms with Crippen LogP contribution in [-0.4, -0.2) is 56.9 Å². The standard InChI is InChI=1S/C25H25FN6O4/c1-13(2)15-5-6-32-21(9-15)18(10-27-32)23(33)28-20-8-16(7-19(26)14(20)3)22-29-24(36-30-22)17-11-31(12-17)25(34)35-4/h5-10,13,17H,11-12H2,1-4H3,(H,28,33). The number of nitrogens with one attached hydrogen (secondary N) is 1. The zero-order chi connectivity index (χ0) is 25.6. The number of carbonyl (C=O) groups excluding carboxylic acids is 2. The number of carbonyl (C=O) groups is 2. The van der Waals surface area contributed by atoms with Crippen molar-refractivity contribution in [3.8, 4) is 11.4 Å². The van der Waals surface area contributed by atoms with Gasteiger partial charge in [-0.05, 0) is 42.7 Å². The predicted octanol–water partition coefficient (Wildman–Crippen LogP) is 4.37. The Morgan fingerprint density at radius 1 is 1.25 bits per heavy atom. The molecule has 3 aromatic heterocycles. The van der Waals surface area contributed by atoms with Crippen LogP contribution in [-0.2, 0) is 4.74 Å². The SMILES string of the molecule is COC(=O)N1CC(c2nc(-c3cc(F)c(C)c(NC(=O)c4cnn5ccc(C(C)C)cc45)c3)no2)C1. The van der Waals surface area contributed by atoms with Crippen LogP contribution in [0.5, 0.6) is 0 Å². The minimum Gasteiger partial charge on any atom is -0.453 e. The van der Waals surface area contributed by atoms with E-state index in [4.69, 9.17) is 4.52 Å². The number of hydrogen-bond donors (Lipinski definition) is 1. The molecule has 0 bridgehead atoms. The van der Waals surface area contributed by atoms with E-state index in [2.05, 4.69) is 39.1 Å². The van der Waals surface area contributed by atoms with Crippen LogP contribution >= 0.6 is 0 Å². The molecule has 1 N–H and O–H groups in total. The van der Waals surface area contributed by atoms with Crippen molar-refractivity contribution < 1.29 is 23.2 Å². The van der Waals surface area contributed by atoms with Gasteiger partial charge in [0.25, 0.3) is 5.91 Å². The van der Waals surface area contributed by atoms with Crippen molar-refractivity contribution in [1.82, 2.24) is 24.7 Å². The summed E-state index contributed by atoms with van der Waals surface area (Å²) < 4.78 is 26.5. The van der Waals surface area contributed by atoms with Gasteiger partial charge >= 0.3 is 6.09 Å². The number of likely N-dealkylation sites (tertiary alicyclic amines) is 1. The Labute approximate surface area is 206 Å². The van der Waals surface area contributed by atoms with Crippen LogP contribution in [0.4, 0.5) is 14.9 Å². The van der Waals surface area contributed by atoms with Gasteiger partial charge in [0.2, 0.25) is 11.7 Å². The third-order valence-electron chi connectivity index (χ3n) is 6.41. The number of pyridine rings is 1. The van der Waals surface area contributed by atoms with Gasteiger partial charge in [-0.15, -0.1) is 0 Å². The Kier molecular flexibility index (Phi) is 5.91. The summed E-state index contributed by atoms with van der Waals surface area (Å²) in [6.45, 7) is 6.53. The molecule has 0 radical (unpaired) electrons. The van der Waals surface area contributed by atoms with E-state index in [1.807, 2.05) is 18.3 Å². The highest BCUT2D eigenvalue weighted by Gasteiger charge is 2.36. The number of benzene rings is 1. The summed E-state index contributed by atoms with van der Waals surface area (Å²) in [6.07, 6.45) is 2.89. The number of methoxy groups -OCH3 is 1. The molecule has 1 fully saturated rings. The second-order valence-electron chi connectivity index (χ2n) is 9.12. The number of amides is 2. The lowest BCUT2D eigenvalue weighted by Crippen LogP contribution is -2.48. The lowest BCUT2D eigenvalue weighted by Gasteiger charge is -2.35. The molecule has 36 heavy (non-hydrogen) atoms. The van der Waals surface area contributed by atoms with Gasteiger partial charge < -0.3 is 19.5 Å². The van der Waals surface area contributed by atoms with Gasteiger partial charge in [-0.3, -0.25) is 4.79 Å². The van der Waals surface area contributed by atoms with Crippen molar-refractivity contribution in [2.45, 2.75) is 32.6 Å². The highest BCUT2D eigenvalue weighted by Crippen LogP contribution is 2.31. The summed E-state index contributed by atoms with van der Waals surface area (Å²) in [6, 6.07) is 6.80. The molecule has 0 aliphatic carbocycles. The molecule has 0 spiro atoms. The summed E-state index contributed by atoms with van der Waals surface area (Å²) in [5.74, 6) is -0.214. The third kappa shape index (κ3) is 4.16. The van der Waals surface area contributed by atoms with Crippen LogP contribution in [0.3, 0.4) is 0 Å². The van der Waals surface area contributed by atoms with Crippen molar-refractivity contribution in [3.05, 3.63) is 65.1 Å². The van der Waals surface area contributed by atoms with E-state index in [-0.39, 0.29) is 23.2 Å². The van der Waals surface area contributed by atoms with E-state index >= 15 is 0 Å². The number of halogens is 1. The number of rotatable bonds is 5. The summed E-state index contributed by atoms with van der Waals surface area (Å²) in [4.78, 5) is 30.6. The quantitative estimate of drug-likeness (QED) is 0.440. The molecular formula is C25H25FN6O4. The lowest BCUT2D eigenvalue weighted by molar-refractivity contribution is 0.0804. The molecule has 1 aliphatic rings. The molecule has 1 aromatic carbocycles. The summed E-state index contributed by atoms with van der Waals surface area (Å²) in [5.41, 5.74) is 3.05. The molecule has 1 saturated heterocycles. The highest BCUT2D eigenvalue weighted by atomic mass is 19.1. The zero-order valence-electron chi connectivity index (χ0n) is 20.3. The number of aromatic nitrogens is 4. The molecule has 4 heterocycles. The van der Waals surface area contributed by atoms with Crippen LogP contribution in [0.2, 0.25) is 0 Å². The topological polar surface area (TPSA) is 115 Å². The van der Waals surface area contributed by atoms with E-state index in [9.17, 15) is 14.0 Å². The largest absolute Gasteiger partial charge is 0.453 e. The normalized spacial score (nSPS) is 13.8. The second-order valence-corrected chi connectivity index (χ2v) is 9.12. The Bertz CT molecular complexity index is 1470. The zero-order valence-corrected chi connectivity index (χ0v) is 20.3. The molecule has 2 amide bonds. The van der Waals surface area contributed by atoms with Crippen molar-refractivity contribution >= 4 is 23.2 Å². The number of hydrogen-bond acceptors (Lipinski definition) is 7. The highest BCUT2D eigenvalue weighted by molar-refractivity contribution is 6.09. The summed E-state index contributed by atoms with van der Waals surface area (Å²) in [7, 11) is 1.32. The minimum atomic E-state index is -0.517. The number of fused-ring (bicyclic) bond motifs is 1. The van der Waals surface area contributed by atoms with Crippen molar-refractivity contribution in [2.24, 2.45) is 0 Å². The number of anilines is 1. The molecule has 0 atom stereocenters. The molecule has 10 nitrogen and oxygen atoms in total. The van der Waals surface area contributed by atoms with E-state index < -0.39 is 17.8 Å². The molecule has 0 unspecified atom stereocenters. The Hall–Kier alpha value is -4.28. The molecule has 1 aliphatic heterocycles. The fraction of sp³-hybridized carbons (Fsp3) is 0.320. The van der Waals surface area contributed by atoms with Gasteiger partial charge in [-0.1, -0.05) is 19.0 Å². The van der Waals surface area contributed by atoms with Gasteiger partial charge in [-0.2, -0.15) is 10.1 Å². The molecule has 5 rings (SSSR count). The lowest BCUT2D eigenvalue weighted by atomic mass is 10.0. The van der Waals surface area contributed by atoms with Crippen molar-refractivity contribution in [1.29, 1.82) is 0 Å². The average Bonchev–Trinajstić information content (AvgIpc) is 3.47. The Morgan fingerprint density at radius 3 is 2.75 bits per heavy atom. The van der Waals surface area contributed by atoms with Crippen LogP contribution < -0.4 is 5.32 Å². The fourth-order valence-electron chi connectivity index (χ4n) is 4.09. The minimum absolute atomic E-state index is 0.119. The van der Waals surface area contributed by atoms with Gasteiger partial charge in [0.15, 0.2) is 0 Å². The summed E-state index contributed by atoms with van der Waals surface area (Å²) >= 11 is 0. The van der Waals surface area contributed by atoms with Gasteiger partial charge in [0.1, 0.15) is 5.82 Å². The van der Waals surface area contributed by atoms with Crippen LogP contribution in [0.1, 0.15) is 53.1 Å². The first-order chi connectivity index (χ1) is 17.2. The number of ether oxygens (including phenoxy) is 1. The average molecular weight is 493 g/mol. The monoisotopic (exact) mass is 492 g/mol. The van der Waals surface area contributed by atoms with E-state index in [0.29, 0.717) is 41.3 Å². The maximum Gasteiger partial charge on any atom is 0.409 e. The first-order valence-electron chi connectivity index (χ1n) is 11.5. The maximum absolute atomic E-state index is 14.8. The molecule has 4 aromatic rings. The molecule has 11 heteroatoms. The Balaban J connectivity index is 1.39. The van der Waals surface area contributed by atoms with Crippen molar-refractivity contribution in [3.63, 3.8) is 0 Å². The summed E-state index contributed by atoms with van der Waals surface area (Å²) in [5, 5.41) is 11.0. The van der Waals surface area contributed by atoms with E-state index in [0.717, 1.165) is 5.56 Å². The van der Waals surface area contributed by atoms with Gasteiger partial charge in [0.05, 0.1) is 30.3 Å². The first kappa shape index (κ1) is 23.5. The molecular weight excluding hydrogens is 467 g/mol. The van der Waals surface area contributed by atoms with Gasteiger partial charge in [-0.25, -0.2) is 13.7 Å². The Morgan fingerprint density at radius 2 is 2.03 bits per heavy atom. The van der Waals surface area contributed by atoms with E-state index in [1.165, 1.54) is 24.3 Å². The van der Waals surface area contributed by atoms with Crippen LogP contribution in [0, 0.1) is 12.7 Å². The van der Waals surface area contributed by atoms with Gasteiger partial charge in [0, 0.05) is 36.1 Å². The molecule has 0 saturated carbocycles. The van der Waals surface area contributed by atoms with E-state index in [1.54, 1.807) is 17.5 Å². The maximum atomic E-state index is 14.8. The first-order valence-corrected chi connectivity index (χ1v) is 11.5. The number of nitrogens with zero attached hydrogens (tertiary/aromatic N) is 5. The van der Waals surface area contributed by atoms with Crippen LogP contribution in [0.25, 0.3) is 16.9 Å². The van der Waals surface area contributed by atoms with Crippen LogP contribution in [0.15, 0.2) is 41.2 Å². The third-order valence-corrected chi connectivity index (χ3v) is 6.41. The second kappa shape index (κ2) is 9.06. The predicted molar refractivity (Wildman–Crippen MR) is 128 cm³/mol. The fourth-order valence-corrected chi connectivity index (χ4v) is 4.09.